The van der Waals surface area contributed by atoms with E-state index in [1.165, 1.54) is 7.11 Å². The van der Waals surface area contributed by atoms with Crippen LogP contribution >= 0.6 is 0 Å². The predicted octanol–water partition coefficient (Wildman–Crippen LogP) is 4.27. The predicted molar refractivity (Wildman–Crippen MR) is 111 cm³/mol. The lowest BCUT2D eigenvalue weighted by molar-refractivity contribution is 0.373. The Balaban J connectivity index is 1.88. The number of para-hydroxylation sites is 2. The molecule has 0 unspecified atom stereocenters. The zero-order valence-corrected chi connectivity index (χ0v) is 15.2. The molecule has 0 aliphatic carbocycles. The molecule has 0 fully saturated rings. The van der Waals surface area contributed by atoms with Crippen molar-refractivity contribution in [3.05, 3.63) is 94.5 Å². The number of nitrogens with zero attached hydrogens (tertiary/aromatic N) is 2. The summed E-state index contributed by atoms with van der Waals surface area (Å²) in [6, 6.07) is 21.8. The molecule has 28 heavy (non-hydrogen) atoms. The molecule has 138 valence electrons. The minimum Gasteiger partial charge on any atom is -0.504 e. The molecule has 0 spiro atoms. The molecule has 0 saturated heterocycles. The normalized spacial score (nSPS) is 11.2. The van der Waals surface area contributed by atoms with E-state index < -0.39 is 0 Å². The van der Waals surface area contributed by atoms with E-state index >= 15 is 0 Å². The maximum Gasteiger partial charge on any atom is 0.266 e. The van der Waals surface area contributed by atoms with Crippen molar-refractivity contribution in [3.63, 3.8) is 0 Å². The van der Waals surface area contributed by atoms with Crippen molar-refractivity contribution < 1.29 is 9.84 Å². The second kappa shape index (κ2) is 7.40. The SMILES string of the molecule is COc1ccc(/C=C/c2nc3ccccc3c(=O)n2-c2ccccc2)cc1O. The van der Waals surface area contributed by atoms with Gasteiger partial charge < -0.3 is 9.84 Å². The molecule has 0 atom stereocenters. The quantitative estimate of drug-likeness (QED) is 0.583. The number of rotatable bonds is 4. The van der Waals surface area contributed by atoms with Crippen molar-refractivity contribution in [1.29, 1.82) is 0 Å². The maximum atomic E-state index is 13.1. The van der Waals surface area contributed by atoms with E-state index in [1.807, 2.05) is 54.6 Å². The van der Waals surface area contributed by atoms with Crippen LogP contribution in [0.4, 0.5) is 0 Å². The zero-order chi connectivity index (χ0) is 19.5. The van der Waals surface area contributed by atoms with Crippen LogP contribution in [0.5, 0.6) is 11.5 Å². The summed E-state index contributed by atoms with van der Waals surface area (Å²) in [6.07, 6.45) is 3.57. The fourth-order valence-corrected chi connectivity index (χ4v) is 3.07. The molecule has 4 rings (SSSR count). The van der Waals surface area contributed by atoms with Crippen LogP contribution in [0.25, 0.3) is 28.7 Å². The molecule has 0 bridgehead atoms. The van der Waals surface area contributed by atoms with Crippen molar-refractivity contribution in [2.45, 2.75) is 0 Å². The summed E-state index contributed by atoms with van der Waals surface area (Å²) in [6.45, 7) is 0. The van der Waals surface area contributed by atoms with Gasteiger partial charge in [-0.05, 0) is 48.0 Å². The molecule has 4 aromatic rings. The van der Waals surface area contributed by atoms with Gasteiger partial charge in [0, 0.05) is 0 Å². The van der Waals surface area contributed by atoms with Gasteiger partial charge in [0.05, 0.1) is 23.7 Å². The average molecular weight is 370 g/mol. The van der Waals surface area contributed by atoms with Crippen LogP contribution < -0.4 is 10.3 Å². The number of aromatic hydroxyl groups is 1. The Bertz CT molecular complexity index is 1230. The third-order valence-electron chi connectivity index (χ3n) is 4.44. The third-order valence-corrected chi connectivity index (χ3v) is 4.44. The van der Waals surface area contributed by atoms with Gasteiger partial charge in [-0.15, -0.1) is 0 Å². The molecule has 0 amide bonds. The van der Waals surface area contributed by atoms with Crippen LogP contribution in [0, 0.1) is 0 Å². The number of fused-ring (bicyclic) bond motifs is 1. The van der Waals surface area contributed by atoms with Crippen LogP contribution in [-0.4, -0.2) is 21.8 Å². The van der Waals surface area contributed by atoms with Gasteiger partial charge in [0.25, 0.3) is 5.56 Å². The van der Waals surface area contributed by atoms with Gasteiger partial charge in [-0.25, -0.2) is 4.98 Å². The second-order valence-corrected chi connectivity index (χ2v) is 6.23. The second-order valence-electron chi connectivity index (χ2n) is 6.23. The summed E-state index contributed by atoms with van der Waals surface area (Å²) in [7, 11) is 1.50. The molecule has 0 aliphatic rings. The molecule has 0 aliphatic heterocycles. The van der Waals surface area contributed by atoms with Crippen LogP contribution in [0.15, 0.2) is 77.6 Å². The van der Waals surface area contributed by atoms with Crippen molar-refractivity contribution in [2.24, 2.45) is 0 Å². The fourth-order valence-electron chi connectivity index (χ4n) is 3.07. The Labute approximate surface area is 161 Å². The zero-order valence-electron chi connectivity index (χ0n) is 15.2. The van der Waals surface area contributed by atoms with Crippen LogP contribution in [-0.2, 0) is 0 Å². The molecule has 1 aromatic heterocycles. The Morgan fingerprint density at radius 3 is 2.46 bits per heavy atom. The number of ether oxygens (including phenoxy) is 1. The summed E-state index contributed by atoms with van der Waals surface area (Å²) >= 11 is 0. The van der Waals surface area contributed by atoms with Gasteiger partial charge in [0.1, 0.15) is 5.82 Å². The van der Waals surface area contributed by atoms with Gasteiger partial charge in [0.15, 0.2) is 11.5 Å². The lowest BCUT2D eigenvalue weighted by atomic mass is 10.1. The third kappa shape index (κ3) is 3.25. The Morgan fingerprint density at radius 1 is 0.964 bits per heavy atom. The lowest BCUT2D eigenvalue weighted by Crippen LogP contribution is -2.22. The van der Waals surface area contributed by atoms with Gasteiger partial charge in [-0.2, -0.15) is 0 Å². The van der Waals surface area contributed by atoms with Gasteiger partial charge in [-0.3, -0.25) is 9.36 Å². The smallest absolute Gasteiger partial charge is 0.266 e. The molecule has 1 N–H and O–H groups in total. The van der Waals surface area contributed by atoms with Crippen molar-refractivity contribution >= 4 is 23.1 Å². The minimum absolute atomic E-state index is 0.0524. The maximum absolute atomic E-state index is 13.1. The van der Waals surface area contributed by atoms with Crippen LogP contribution in [0.3, 0.4) is 0 Å². The molecule has 5 nitrogen and oxygen atoms in total. The molecule has 0 radical (unpaired) electrons. The molecular formula is C23H18N2O3. The highest BCUT2D eigenvalue weighted by molar-refractivity contribution is 5.80. The average Bonchev–Trinajstić information content (AvgIpc) is 2.73. The van der Waals surface area contributed by atoms with E-state index in [0.29, 0.717) is 22.5 Å². The van der Waals surface area contributed by atoms with Crippen molar-refractivity contribution in [3.8, 4) is 17.2 Å². The van der Waals surface area contributed by atoms with E-state index in [-0.39, 0.29) is 11.3 Å². The molecule has 3 aromatic carbocycles. The molecule has 1 heterocycles. The summed E-state index contributed by atoms with van der Waals surface area (Å²) in [5.41, 5.74) is 2.01. The highest BCUT2D eigenvalue weighted by Gasteiger charge is 2.10. The number of aromatic nitrogens is 2. The number of phenols is 1. The summed E-state index contributed by atoms with van der Waals surface area (Å²) in [5, 5.41) is 10.5. The first-order valence-corrected chi connectivity index (χ1v) is 8.79. The van der Waals surface area contributed by atoms with E-state index in [2.05, 4.69) is 4.98 Å². The van der Waals surface area contributed by atoms with Crippen molar-refractivity contribution in [1.82, 2.24) is 9.55 Å². The van der Waals surface area contributed by atoms with Gasteiger partial charge >= 0.3 is 0 Å². The minimum atomic E-state index is -0.131. The van der Waals surface area contributed by atoms with Crippen LogP contribution in [0.2, 0.25) is 0 Å². The van der Waals surface area contributed by atoms with E-state index in [1.54, 1.807) is 34.9 Å². The number of phenolic OH excluding ortho intramolecular Hbond substituents is 1. The summed E-state index contributed by atoms with van der Waals surface area (Å²) < 4.78 is 6.66. The number of benzene rings is 3. The standard InChI is InChI=1S/C23H18N2O3/c1-28-21-13-11-16(15-20(21)26)12-14-22-24-19-10-6-5-9-18(19)23(27)25(22)17-7-3-2-4-8-17/h2-15,26H,1H3/b14-12+. The van der Waals surface area contributed by atoms with Gasteiger partial charge in [-0.1, -0.05) is 42.5 Å². The largest absolute Gasteiger partial charge is 0.504 e. The first-order valence-electron chi connectivity index (χ1n) is 8.79. The van der Waals surface area contributed by atoms with Gasteiger partial charge in [0.2, 0.25) is 0 Å². The fraction of sp³-hybridized carbons (Fsp3) is 0.0435. The Kier molecular flexibility index (Phi) is 4.64. The topological polar surface area (TPSA) is 64.3 Å². The summed E-state index contributed by atoms with van der Waals surface area (Å²) in [4.78, 5) is 17.8. The molecule has 5 heteroatoms. The number of hydrogen-bond acceptors (Lipinski definition) is 4. The number of hydrogen-bond donors (Lipinski definition) is 1. The van der Waals surface area contributed by atoms with E-state index in [4.69, 9.17) is 4.74 Å². The first kappa shape index (κ1) is 17.5. The lowest BCUT2D eigenvalue weighted by Gasteiger charge is -2.11. The monoisotopic (exact) mass is 370 g/mol. The highest BCUT2D eigenvalue weighted by atomic mass is 16.5. The van der Waals surface area contributed by atoms with E-state index in [9.17, 15) is 9.90 Å². The first-order chi connectivity index (χ1) is 13.7. The van der Waals surface area contributed by atoms with Crippen molar-refractivity contribution in [2.75, 3.05) is 7.11 Å². The molecule has 0 saturated carbocycles. The van der Waals surface area contributed by atoms with Crippen LogP contribution in [0.1, 0.15) is 11.4 Å². The van der Waals surface area contributed by atoms with E-state index in [0.717, 1.165) is 11.3 Å². The summed E-state index contributed by atoms with van der Waals surface area (Å²) in [5.74, 6) is 0.962. The Hall–Kier alpha value is -3.86. The Morgan fingerprint density at radius 2 is 1.71 bits per heavy atom. The number of methoxy groups -OCH3 is 1. The highest BCUT2D eigenvalue weighted by Crippen LogP contribution is 2.27. The molecular weight excluding hydrogens is 352 g/mol.